The number of nitrogens with two attached hydrogens (primary N) is 1. The number of nitrogens with zero attached hydrogens (tertiary/aromatic N) is 2. The molecule has 0 saturated carbocycles. The summed E-state index contributed by atoms with van der Waals surface area (Å²) >= 11 is 0. The van der Waals surface area contributed by atoms with Crippen molar-refractivity contribution in [2.45, 2.75) is 26.2 Å². The van der Waals surface area contributed by atoms with Crippen molar-refractivity contribution in [3.63, 3.8) is 0 Å². The van der Waals surface area contributed by atoms with Crippen molar-refractivity contribution >= 4 is 35.5 Å². The molecule has 1 aromatic carbocycles. The highest BCUT2D eigenvalue weighted by molar-refractivity contribution is 5.90. The van der Waals surface area contributed by atoms with Gasteiger partial charge in [-0.25, -0.2) is 4.98 Å². The Bertz CT molecular complexity index is 651. The number of halogens is 1. The Morgan fingerprint density at radius 2 is 1.88 bits per heavy atom. The second-order valence-electron chi connectivity index (χ2n) is 5.90. The van der Waals surface area contributed by atoms with Crippen LogP contribution in [0.5, 0.6) is 0 Å². The predicted octanol–water partition coefficient (Wildman–Crippen LogP) is 3.42. The maximum absolute atomic E-state index is 12.0. The summed E-state index contributed by atoms with van der Waals surface area (Å²) in [7, 11) is 3.97. The highest BCUT2D eigenvalue weighted by Crippen LogP contribution is 2.16. The zero-order chi connectivity index (χ0) is 16.8. The van der Waals surface area contributed by atoms with Crippen LogP contribution in [0.15, 0.2) is 36.4 Å². The minimum atomic E-state index is 0. The molecule has 0 radical (unpaired) electrons. The van der Waals surface area contributed by atoms with Crippen LogP contribution in [0.2, 0.25) is 0 Å². The van der Waals surface area contributed by atoms with E-state index in [1.54, 1.807) is 0 Å². The molecule has 2 rings (SSSR count). The van der Waals surface area contributed by atoms with Gasteiger partial charge >= 0.3 is 0 Å². The standard InChI is InChI=1S/C18H24N4O.ClH/c1-13-11-15(20-17(19)12-13)5-4-6-18(23)21-14-7-9-16(10-8-14)22(2)3;/h7-12H,4-6H2,1-3H3,(H2,19,20)(H,21,23);1H. The van der Waals surface area contributed by atoms with Crippen LogP contribution in [0.25, 0.3) is 0 Å². The van der Waals surface area contributed by atoms with Gasteiger partial charge in [0, 0.05) is 37.6 Å². The molecule has 0 spiro atoms. The van der Waals surface area contributed by atoms with Crippen LogP contribution in [-0.4, -0.2) is 25.0 Å². The lowest BCUT2D eigenvalue weighted by Crippen LogP contribution is -2.12. The molecule has 3 N–H and O–H groups in total. The van der Waals surface area contributed by atoms with Crippen LogP contribution in [0, 0.1) is 6.92 Å². The van der Waals surface area contributed by atoms with Gasteiger partial charge < -0.3 is 16.0 Å². The lowest BCUT2D eigenvalue weighted by atomic mass is 10.1. The smallest absolute Gasteiger partial charge is 0.224 e. The quantitative estimate of drug-likeness (QED) is 0.839. The third kappa shape index (κ3) is 6.08. The van der Waals surface area contributed by atoms with Crippen molar-refractivity contribution in [3.05, 3.63) is 47.7 Å². The number of nitrogen functional groups attached to an aromatic ring is 1. The Kier molecular flexibility index (Phi) is 7.52. The molecule has 2 aromatic rings. The van der Waals surface area contributed by atoms with Crippen molar-refractivity contribution in [2.75, 3.05) is 30.0 Å². The number of hydrogen-bond donors (Lipinski definition) is 2. The SMILES string of the molecule is Cc1cc(N)nc(CCCC(=O)Nc2ccc(N(C)C)cc2)c1.Cl. The number of amides is 1. The number of carbonyl (C=O) groups excluding carboxylic acids is 1. The lowest BCUT2D eigenvalue weighted by Gasteiger charge is -2.13. The molecule has 5 nitrogen and oxygen atoms in total. The molecule has 1 amide bonds. The van der Waals surface area contributed by atoms with E-state index >= 15 is 0 Å². The second-order valence-corrected chi connectivity index (χ2v) is 5.90. The Hall–Kier alpha value is -2.27. The van der Waals surface area contributed by atoms with Gasteiger partial charge in [0.05, 0.1) is 0 Å². The molecule has 1 heterocycles. The zero-order valence-corrected chi connectivity index (χ0v) is 15.2. The molecule has 130 valence electrons. The van der Waals surface area contributed by atoms with Crippen LogP contribution in [0.4, 0.5) is 17.2 Å². The summed E-state index contributed by atoms with van der Waals surface area (Å²) in [5.74, 6) is 0.550. The first kappa shape index (κ1) is 19.8. The van der Waals surface area contributed by atoms with Gasteiger partial charge in [0.1, 0.15) is 5.82 Å². The summed E-state index contributed by atoms with van der Waals surface area (Å²) in [4.78, 5) is 18.3. The van der Waals surface area contributed by atoms with E-state index in [1.165, 1.54) is 0 Å². The Morgan fingerprint density at radius 1 is 1.21 bits per heavy atom. The summed E-state index contributed by atoms with van der Waals surface area (Å²) in [6, 6.07) is 11.6. The molecular weight excluding hydrogens is 324 g/mol. The third-order valence-corrected chi connectivity index (χ3v) is 3.55. The van der Waals surface area contributed by atoms with Crippen LogP contribution in [0.3, 0.4) is 0 Å². The van der Waals surface area contributed by atoms with E-state index in [1.807, 2.05) is 62.3 Å². The van der Waals surface area contributed by atoms with Crippen molar-refractivity contribution < 1.29 is 4.79 Å². The van der Waals surface area contributed by atoms with Crippen LogP contribution >= 0.6 is 12.4 Å². The number of rotatable bonds is 6. The molecule has 0 saturated heterocycles. The van der Waals surface area contributed by atoms with Gasteiger partial charge in [-0.2, -0.15) is 0 Å². The van der Waals surface area contributed by atoms with Crippen LogP contribution in [0.1, 0.15) is 24.1 Å². The van der Waals surface area contributed by atoms with E-state index in [-0.39, 0.29) is 18.3 Å². The fourth-order valence-corrected chi connectivity index (χ4v) is 2.39. The average Bonchev–Trinajstić information content (AvgIpc) is 2.46. The predicted molar refractivity (Wildman–Crippen MR) is 103 cm³/mol. The molecule has 0 unspecified atom stereocenters. The lowest BCUT2D eigenvalue weighted by molar-refractivity contribution is -0.116. The summed E-state index contributed by atoms with van der Waals surface area (Å²) in [5.41, 5.74) is 9.68. The van der Waals surface area contributed by atoms with E-state index in [4.69, 9.17) is 5.73 Å². The van der Waals surface area contributed by atoms with Gasteiger partial charge in [0.2, 0.25) is 5.91 Å². The van der Waals surface area contributed by atoms with E-state index in [9.17, 15) is 4.79 Å². The fourth-order valence-electron chi connectivity index (χ4n) is 2.39. The van der Waals surface area contributed by atoms with Crippen LogP contribution in [-0.2, 0) is 11.2 Å². The number of pyridine rings is 1. The molecule has 6 heteroatoms. The second kappa shape index (κ2) is 9.13. The fraction of sp³-hybridized carbons (Fsp3) is 0.333. The summed E-state index contributed by atoms with van der Waals surface area (Å²) in [6.07, 6.45) is 1.96. The van der Waals surface area contributed by atoms with Gasteiger partial charge in [-0.05, 0) is 61.7 Å². The molecule has 0 atom stereocenters. The highest BCUT2D eigenvalue weighted by atomic mass is 35.5. The maximum Gasteiger partial charge on any atom is 0.224 e. The zero-order valence-electron chi connectivity index (χ0n) is 14.4. The van der Waals surface area contributed by atoms with Crippen LogP contribution < -0.4 is 16.0 Å². The molecule has 0 bridgehead atoms. The van der Waals surface area contributed by atoms with E-state index in [0.717, 1.165) is 35.5 Å². The molecule has 0 aliphatic rings. The van der Waals surface area contributed by atoms with Gasteiger partial charge in [-0.15, -0.1) is 12.4 Å². The number of hydrogen-bond acceptors (Lipinski definition) is 4. The van der Waals surface area contributed by atoms with Gasteiger partial charge in [-0.1, -0.05) is 0 Å². The van der Waals surface area contributed by atoms with Gasteiger partial charge in [0.25, 0.3) is 0 Å². The molecule has 0 aliphatic heterocycles. The maximum atomic E-state index is 12.0. The minimum Gasteiger partial charge on any atom is -0.384 e. The number of carbonyl (C=O) groups is 1. The van der Waals surface area contributed by atoms with Crippen molar-refractivity contribution in [2.24, 2.45) is 0 Å². The Balaban J connectivity index is 0.00000288. The number of aryl methyl sites for hydroxylation is 2. The monoisotopic (exact) mass is 348 g/mol. The van der Waals surface area contributed by atoms with E-state index in [2.05, 4.69) is 10.3 Å². The topological polar surface area (TPSA) is 71.2 Å². The first-order valence-corrected chi connectivity index (χ1v) is 7.74. The summed E-state index contributed by atoms with van der Waals surface area (Å²) in [6.45, 7) is 1.99. The Morgan fingerprint density at radius 3 is 2.46 bits per heavy atom. The van der Waals surface area contributed by atoms with Crippen molar-refractivity contribution in [1.29, 1.82) is 0 Å². The van der Waals surface area contributed by atoms with Crippen molar-refractivity contribution in [3.8, 4) is 0 Å². The van der Waals surface area contributed by atoms with Crippen molar-refractivity contribution in [1.82, 2.24) is 4.98 Å². The molecule has 24 heavy (non-hydrogen) atoms. The Labute approximate surface area is 149 Å². The van der Waals surface area contributed by atoms with Gasteiger partial charge in [-0.3, -0.25) is 4.79 Å². The summed E-state index contributed by atoms with van der Waals surface area (Å²) in [5, 5.41) is 2.91. The number of benzene rings is 1. The minimum absolute atomic E-state index is 0. The average molecular weight is 349 g/mol. The largest absolute Gasteiger partial charge is 0.384 e. The molecule has 1 aromatic heterocycles. The number of anilines is 3. The van der Waals surface area contributed by atoms with Gasteiger partial charge in [0.15, 0.2) is 0 Å². The number of aromatic nitrogens is 1. The van der Waals surface area contributed by atoms with E-state index in [0.29, 0.717) is 12.2 Å². The highest BCUT2D eigenvalue weighted by Gasteiger charge is 2.05. The molecular formula is C18H25ClN4O. The number of nitrogens with one attached hydrogen (secondary N) is 1. The summed E-state index contributed by atoms with van der Waals surface area (Å²) < 4.78 is 0. The first-order valence-electron chi connectivity index (χ1n) is 7.74. The normalized spacial score (nSPS) is 9.96. The third-order valence-electron chi connectivity index (χ3n) is 3.55. The van der Waals surface area contributed by atoms with E-state index < -0.39 is 0 Å². The molecule has 0 aliphatic carbocycles. The molecule has 0 fully saturated rings. The first-order chi connectivity index (χ1) is 10.9.